The van der Waals surface area contributed by atoms with E-state index in [9.17, 15) is 9.59 Å². The van der Waals surface area contributed by atoms with Crippen molar-refractivity contribution in [1.82, 2.24) is 4.98 Å². The molecule has 2 amide bonds. The second-order valence-corrected chi connectivity index (χ2v) is 4.98. The topological polar surface area (TPSA) is 112 Å². The van der Waals surface area contributed by atoms with Crippen LogP contribution in [0.1, 0.15) is 5.56 Å². The summed E-state index contributed by atoms with van der Waals surface area (Å²) in [5.41, 5.74) is 12.6. The molecule has 1 aliphatic heterocycles. The average molecular weight is 310 g/mol. The third-order valence-electron chi connectivity index (χ3n) is 3.27. The van der Waals surface area contributed by atoms with Crippen LogP contribution in [0.3, 0.4) is 0 Å². The van der Waals surface area contributed by atoms with Crippen molar-refractivity contribution in [1.29, 1.82) is 0 Å². The van der Waals surface area contributed by atoms with Crippen molar-refractivity contribution in [3.63, 3.8) is 0 Å². The van der Waals surface area contributed by atoms with E-state index >= 15 is 0 Å². The van der Waals surface area contributed by atoms with E-state index in [1.165, 1.54) is 4.90 Å². The summed E-state index contributed by atoms with van der Waals surface area (Å²) in [6.07, 6.45) is 4.79. The molecule has 116 valence electrons. The number of benzene rings is 1. The summed E-state index contributed by atoms with van der Waals surface area (Å²) in [7, 11) is 0. The van der Waals surface area contributed by atoms with Crippen LogP contribution in [0.15, 0.2) is 48.5 Å². The lowest BCUT2D eigenvalue weighted by molar-refractivity contribution is -0.121. The van der Waals surface area contributed by atoms with Gasteiger partial charge in [-0.25, -0.2) is 0 Å². The van der Waals surface area contributed by atoms with Gasteiger partial charge in [-0.3, -0.25) is 19.5 Å². The first-order valence-electron chi connectivity index (χ1n) is 6.84. The van der Waals surface area contributed by atoms with E-state index in [1.54, 1.807) is 48.8 Å². The molecule has 0 fully saturated rings. The largest absolute Gasteiger partial charge is 0.449 e. The van der Waals surface area contributed by atoms with Crippen molar-refractivity contribution in [2.24, 2.45) is 5.73 Å². The Bertz CT molecular complexity index is 802. The monoisotopic (exact) mass is 310 g/mol. The van der Waals surface area contributed by atoms with Crippen LogP contribution in [-0.4, -0.2) is 23.3 Å². The minimum Gasteiger partial charge on any atom is -0.449 e. The number of rotatable bonds is 3. The number of carbonyl (C=O) groups is 2. The average Bonchev–Trinajstić information content (AvgIpc) is 2.53. The normalized spacial score (nSPS) is 15.2. The molecule has 0 bridgehead atoms. The van der Waals surface area contributed by atoms with Gasteiger partial charge < -0.3 is 16.2 Å². The molecule has 3 rings (SSSR count). The lowest BCUT2D eigenvalue weighted by Gasteiger charge is -2.29. The Morgan fingerprint density at radius 1 is 1.26 bits per heavy atom. The first-order valence-corrected chi connectivity index (χ1v) is 6.84. The lowest BCUT2D eigenvalue weighted by Crippen LogP contribution is -2.42. The number of carbonyl (C=O) groups excluding carboxylic acids is 2. The summed E-state index contributed by atoms with van der Waals surface area (Å²) in [6, 6.07) is 8.34. The highest BCUT2D eigenvalue weighted by Crippen LogP contribution is 2.37. The minimum atomic E-state index is -0.628. The fraction of sp³-hybridized carbons (Fsp3) is 0.0625. The predicted octanol–water partition coefficient (Wildman–Crippen LogP) is 0.916. The molecule has 7 heteroatoms. The molecule has 0 atom stereocenters. The van der Waals surface area contributed by atoms with Crippen molar-refractivity contribution in [3.8, 4) is 5.75 Å². The highest BCUT2D eigenvalue weighted by molar-refractivity contribution is 6.12. The first kappa shape index (κ1) is 14.6. The molecule has 0 radical (unpaired) electrons. The summed E-state index contributed by atoms with van der Waals surface area (Å²) in [6.45, 7) is -0.258. The van der Waals surface area contributed by atoms with Crippen molar-refractivity contribution in [3.05, 3.63) is 54.0 Å². The minimum absolute atomic E-state index is 0.0923. The summed E-state index contributed by atoms with van der Waals surface area (Å²) in [4.78, 5) is 29.1. The third kappa shape index (κ3) is 2.98. The molecule has 0 saturated heterocycles. The van der Waals surface area contributed by atoms with Gasteiger partial charge in [-0.05, 0) is 42.0 Å². The summed E-state index contributed by atoms with van der Waals surface area (Å²) < 4.78 is 5.66. The maximum Gasteiger partial charge on any atom is 0.294 e. The van der Waals surface area contributed by atoms with E-state index in [-0.39, 0.29) is 12.3 Å². The molecule has 0 saturated carbocycles. The molecule has 23 heavy (non-hydrogen) atoms. The zero-order valence-corrected chi connectivity index (χ0v) is 12.1. The van der Waals surface area contributed by atoms with Crippen molar-refractivity contribution in [2.45, 2.75) is 0 Å². The van der Waals surface area contributed by atoms with E-state index in [0.717, 1.165) is 5.56 Å². The Balaban J connectivity index is 2.06. The molecule has 0 spiro atoms. The van der Waals surface area contributed by atoms with Gasteiger partial charge in [-0.15, -0.1) is 0 Å². The molecular weight excluding hydrogens is 296 g/mol. The van der Waals surface area contributed by atoms with Gasteiger partial charge in [0.2, 0.25) is 5.91 Å². The fourth-order valence-corrected chi connectivity index (χ4v) is 2.25. The number of anilines is 2. The van der Waals surface area contributed by atoms with Crippen LogP contribution in [0.4, 0.5) is 11.4 Å². The number of aromatic nitrogens is 1. The standard InChI is InChI=1S/C16H14N4O3/c17-11-1-2-13-12(8-11)20(9-15(18)21)16(22)14(23-13)7-10-3-5-19-6-4-10/h1-8H,9,17H2,(H2,18,21)/b14-7+. The van der Waals surface area contributed by atoms with E-state index in [4.69, 9.17) is 16.2 Å². The molecule has 4 N–H and O–H groups in total. The van der Waals surface area contributed by atoms with Gasteiger partial charge in [0, 0.05) is 18.1 Å². The number of amides is 2. The number of ether oxygens (including phenoxy) is 1. The maximum absolute atomic E-state index is 12.6. The number of hydrogen-bond donors (Lipinski definition) is 2. The Kier molecular flexibility index (Phi) is 3.68. The lowest BCUT2D eigenvalue weighted by atomic mass is 10.1. The Hall–Kier alpha value is -3.35. The maximum atomic E-state index is 12.6. The molecular formula is C16H14N4O3. The van der Waals surface area contributed by atoms with Gasteiger partial charge in [0.15, 0.2) is 11.5 Å². The fourth-order valence-electron chi connectivity index (χ4n) is 2.25. The number of fused-ring (bicyclic) bond motifs is 1. The van der Waals surface area contributed by atoms with Crippen LogP contribution < -0.4 is 21.1 Å². The Morgan fingerprint density at radius 2 is 2.00 bits per heavy atom. The van der Waals surface area contributed by atoms with Gasteiger partial charge in [0.25, 0.3) is 5.91 Å². The number of primary amides is 1. The van der Waals surface area contributed by atoms with Gasteiger partial charge in [0.1, 0.15) is 6.54 Å². The predicted molar refractivity (Wildman–Crippen MR) is 85.2 cm³/mol. The second kappa shape index (κ2) is 5.80. The van der Waals surface area contributed by atoms with Crippen LogP contribution in [-0.2, 0) is 9.59 Å². The summed E-state index contributed by atoms with van der Waals surface area (Å²) in [5.74, 6) is -0.564. The van der Waals surface area contributed by atoms with Gasteiger partial charge in [-0.1, -0.05) is 0 Å². The number of nitrogens with two attached hydrogens (primary N) is 2. The van der Waals surface area contributed by atoms with Crippen molar-refractivity contribution < 1.29 is 14.3 Å². The molecule has 1 aromatic carbocycles. The zero-order chi connectivity index (χ0) is 16.4. The Morgan fingerprint density at radius 3 is 2.70 bits per heavy atom. The molecule has 1 aromatic heterocycles. The van der Waals surface area contributed by atoms with Crippen molar-refractivity contribution >= 4 is 29.3 Å². The molecule has 0 aliphatic carbocycles. The van der Waals surface area contributed by atoms with Crippen LogP contribution in [0, 0.1) is 0 Å². The van der Waals surface area contributed by atoms with E-state index < -0.39 is 11.8 Å². The van der Waals surface area contributed by atoms with E-state index in [2.05, 4.69) is 4.98 Å². The van der Waals surface area contributed by atoms with Crippen LogP contribution in [0.25, 0.3) is 6.08 Å². The smallest absolute Gasteiger partial charge is 0.294 e. The molecule has 0 unspecified atom stereocenters. The molecule has 7 nitrogen and oxygen atoms in total. The third-order valence-corrected chi connectivity index (χ3v) is 3.27. The molecule has 1 aliphatic rings. The quantitative estimate of drug-likeness (QED) is 0.646. The first-order chi connectivity index (χ1) is 11.0. The number of nitrogen functional groups attached to an aromatic ring is 1. The SMILES string of the molecule is NC(=O)CN1C(=O)/C(=C\c2ccncc2)Oc2ccc(N)cc21. The molecule has 2 aromatic rings. The number of pyridine rings is 1. The highest BCUT2D eigenvalue weighted by Gasteiger charge is 2.31. The van der Waals surface area contributed by atoms with Gasteiger partial charge in [-0.2, -0.15) is 0 Å². The van der Waals surface area contributed by atoms with Crippen LogP contribution in [0.2, 0.25) is 0 Å². The van der Waals surface area contributed by atoms with Crippen molar-refractivity contribution in [2.75, 3.05) is 17.2 Å². The number of nitrogens with zero attached hydrogens (tertiary/aromatic N) is 2. The van der Waals surface area contributed by atoms with E-state index in [1.807, 2.05) is 0 Å². The zero-order valence-electron chi connectivity index (χ0n) is 12.1. The van der Waals surface area contributed by atoms with Crippen LogP contribution >= 0.6 is 0 Å². The van der Waals surface area contributed by atoms with Gasteiger partial charge >= 0.3 is 0 Å². The molecule has 2 heterocycles. The van der Waals surface area contributed by atoms with E-state index in [0.29, 0.717) is 17.1 Å². The highest BCUT2D eigenvalue weighted by atomic mass is 16.5. The number of hydrogen-bond acceptors (Lipinski definition) is 5. The van der Waals surface area contributed by atoms with Gasteiger partial charge in [0.05, 0.1) is 5.69 Å². The Labute approximate surface area is 132 Å². The summed E-state index contributed by atoms with van der Waals surface area (Å²) >= 11 is 0. The second-order valence-electron chi connectivity index (χ2n) is 4.98. The van der Waals surface area contributed by atoms with Crippen LogP contribution in [0.5, 0.6) is 5.75 Å². The summed E-state index contributed by atoms with van der Waals surface area (Å²) in [5, 5.41) is 0.